The van der Waals surface area contributed by atoms with Gasteiger partial charge in [0.25, 0.3) is 11.8 Å². The number of carbonyl (C=O) groups excluding carboxylic acids is 4. The first-order chi connectivity index (χ1) is 14.8. The van der Waals surface area contributed by atoms with Gasteiger partial charge in [-0.25, -0.2) is 0 Å². The summed E-state index contributed by atoms with van der Waals surface area (Å²) in [7, 11) is 0. The quantitative estimate of drug-likeness (QED) is 0.427. The molecular weight excluding hydrogens is 422 g/mol. The van der Waals surface area contributed by atoms with Crippen molar-refractivity contribution in [3.8, 4) is 0 Å². The Morgan fingerprint density at radius 2 is 1.68 bits per heavy atom. The van der Waals surface area contributed by atoms with Gasteiger partial charge in [0.1, 0.15) is 0 Å². The van der Waals surface area contributed by atoms with Gasteiger partial charge in [0.05, 0.1) is 10.6 Å². The molecule has 0 aliphatic heterocycles. The molecule has 0 saturated carbocycles. The Labute approximate surface area is 185 Å². The van der Waals surface area contributed by atoms with Gasteiger partial charge in [0, 0.05) is 18.5 Å². The van der Waals surface area contributed by atoms with Gasteiger partial charge < -0.3 is 10.1 Å². The monoisotopic (exact) mass is 445 g/mol. The molecule has 0 unspecified atom stereocenters. The van der Waals surface area contributed by atoms with Crippen molar-refractivity contribution < 1.29 is 23.9 Å². The van der Waals surface area contributed by atoms with Crippen molar-refractivity contribution in [1.29, 1.82) is 0 Å². The van der Waals surface area contributed by atoms with E-state index in [0.717, 1.165) is 11.1 Å². The van der Waals surface area contributed by atoms with Crippen LogP contribution in [0.5, 0.6) is 0 Å². The normalized spacial score (nSPS) is 10.2. The molecule has 0 heterocycles. The number of rotatable bonds is 8. The van der Waals surface area contributed by atoms with Gasteiger partial charge in [0.2, 0.25) is 5.91 Å². The van der Waals surface area contributed by atoms with Crippen LogP contribution >= 0.6 is 11.6 Å². The summed E-state index contributed by atoms with van der Waals surface area (Å²) in [5, 5.41) is 2.96. The number of hydrazine groups is 1. The number of aryl methyl sites for hydroxylation is 2. The summed E-state index contributed by atoms with van der Waals surface area (Å²) in [6.45, 7) is 3.36. The fourth-order valence-corrected chi connectivity index (χ4v) is 2.79. The highest BCUT2D eigenvalue weighted by atomic mass is 35.5. The lowest BCUT2D eigenvalue weighted by atomic mass is 10.1. The van der Waals surface area contributed by atoms with E-state index in [1.807, 2.05) is 32.0 Å². The first-order valence-electron chi connectivity index (χ1n) is 9.62. The number of esters is 1. The Morgan fingerprint density at radius 3 is 2.42 bits per heavy atom. The molecule has 3 amide bonds. The molecule has 0 fully saturated rings. The van der Waals surface area contributed by atoms with Gasteiger partial charge >= 0.3 is 5.97 Å². The third-order valence-electron chi connectivity index (χ3n) is 4.25. The average Bonchev–Trinajstić information content (AvgIpc) is 2.73. The number of hydrogen-bond donors (Lipinski definition) is 3. The highest BCUT2D eigenvalue weighted by Crippen LogP contribution is 2.16. The maximum atomic E-state index is 12.0. The largest absolute Gasteiger partial charge is 0.456 e. The van der Waals surface area contributed by atoms with Crippen molar-refractivity contribution in [2.75, 3.05) is 11.9 Å². The van der Waals surface area contributed by atoms with E-state index < -0.39 is 30.3 Å². The van der Waals surface area contributed by atoms with Crippen LogP contribution in [0.4, 0.5) is 5.69 Å². The molecule has 0 aliphatic rings. The molecule has 0 saturated heterocycles. The SMILES string of the molecule is Cc1ccc(C)c(NC(=O)COC(=O)CCCC(=O)NNC(=O)c2ccccc2Cl)c1. The Balaban J connectivity index is 1.63. The van der Waals surface area contributed by atoms with Crippen LogP contribution in [-0.4, -0.2) is 30.3 Å². The highest BCUT2D eigenvalue weighted by molar-refractivity contribution is 6.33. The fraction of sp³-hybridized carbons (Fsp3) is 0.273. The highest BCUT2D eigenvalue weighted by Gasteiger charge is 2.12. The van der Waals surface area contributed by atoms with Gasteiger partial charge in [-0.1, -0.05) is 35.9 Å². The van der Waals surface area contributed by atoms with Crippen molar-refractivity contribution in [2.45, 2.75) is 33.1 Å². The summed E-state index contributed by atoms with van der Waals surface area (Å²) in [4.78, 5) is 47.5. The van der Waals surface area contributed by atoms with Crippen molar-refractivity contribution in [3.05, 3.63) is 64.2 Å². The van der Waals surface area contributed by atoms with E-state index >= 15 is 0 Å². The molecule has 3 N–H and O–H groups in total. The minimum atomic E-state index is -0.594. The summed E-state index contributed by atoms with van der Waals surface area (Å²) in [5.74, 6) is -2.06. The van der Waals surface area contributed by atoms with Gasteiger partial charge in [-0.3, -0.25) is 30.0 Å². The molecule has 2 rings (SSSR count). The molecule has 0 bridgehead atoms. The van der Waals surface area contributed by atoms with Crippen LogP contribution < -0.4 is 16.2 Å². The molecule has 2 aromatic carbocycles. The number of amides is 3. The molecule has 0 aromatic heterocycles. The Morgan fingerprint density at radius 1 is 0.935 bits per heavy atom. The van der Waals surface area contributed by atoms with Crippen LogP contribution in [0.15, 0.2) is 42.5 Å². The Kier molecular flexibility index (Phi) is 9.02. The van der Waals surface area contributed by atoms with Crippen LogP contribution in [-0.2, 0) is 19.1 Å². The third-order valence-corrected chi connectivity index (χ3v) is 4.58. The predicted molar refractivity (Wildman–Crippen MR) is 116 cm³/mol. The van der Waals surface area contributed by atoms with Crippen molar-refractivity contribution in [2.24, 2.45) is 0 Å². The van der Waals surface area contributed by atoms with Crippen LogP contribution in [0, 0.1) is 13.8 Å². The van der Waals surface area contributed by atoms with Gasteiger partial charge in [-0.15, -0.1) is 0 Å². The Hall–Kier alpha value is -3.39. The molecule has 0 spiro atoms. The van der Waals surface area contributed by atoms with Crippen molar-refractivity contribution >= 4 is 41.0 Å². The van der Waals surface area contributed by atoms with Crippen LogP contribution in [0.1, 0.15) is 40.7 Å². The minimum absolute atomic E-state index is 0.00736. The number of halogens is 1. The van der Waals surface area contributed by atoms with Gasteiger partial charge in [-0.05, 0) is 49.6 Å². The average molecular weight is 446 g/mol. The first kappa shape index (κ1) is 23.9. The van der Waals surface area contributed by atoms with Crippen LogP contribution in [0.25, 0.3) is 0 Å². The lowest BCUT2D eigenvalue weighted by Gasteiger charge is -2.10. The number of anilines is 1. The third kappa shape index (κ3) is 8.10. The van der Waals surface area contributed by atoms with E-state index in [4.69, 9.17) is 16.3 Å². The number of hydrogen-bond acceptors (Lipinski definition) is 5. The minimum Gasteiger partial charge on any atom is -0.456 e. The van der Waals surface area contributed by atoms with Crippen LogP contribution in [0.3, 0.4) is 0 Å². The molecule has 2 aromatic rings. The number of benzene rings is 2. The zero-order chi connectivity index (χ0) is 22.8. The van der Waals surface area contributed by atoms with Crippen molar-refractivity contribution in [3.63, 3.8) is 0 Å². The maximum absolute atomic E-state index is 12.0. The summed E-state index contributed by atoms with van der Waals surface area (Å²) in [6, 6.07) is 12.1. The predicted octanol–water partition coefficient (Wildman–Crippen LogP) is 3.07. The summed E-state index contributed by atoms with van der Waals surface area (Å²) in [6.07, 6.45) is 0.153. The first-order valence-corrected chi connectivity index (χ1v) is 10.0. The second kappa shape index (κ2) is 11.7. The molecular formula is C22H24ClN3O5. The van der Waals surface area contributed by atoms with Gasteiger partial charge in [0.15, 0.2) is 6.61 Å². The molecule has 0 aliphatic carbocycles. The van der Waals surface area contributed by atoms with E-state index in [2.05, 4.69) is 16.2 Å². The molecule has 0 radical (unpaired) electrons. The maximum Gasteiger partial charge on any atom is 0.306 e. The molecule has 9 heteroatoms. The second-order valence-electron chi connectivity index (χ2n) is 6.86. The van der Waals surface area contributed by atoms with Crippen molar-refractivity contribution in [1.82, 2.24) is 10.9 Å². The van der Waals surface area contributed by atoms with Gasteiger partial charge in [-0.2, -0.15) is 0 Å². The van der Waals surface area contributed by atoms with Crippen LogP contribution in [0.2, 0.25) is 5.02 Å². The molecule has 31 heavy (non-hydrogen) atoms. The number of nitrogens with one attached hydrogen (secondary N) is 3. The molecule has 164 valence electrons. The van der Waals surface area contributed by atoms with E-state index in [-0.39, 0.29) is 29.8 Å². The fourth-order valence-electron chi connectivity index (χ4n) is 2.57. The summed E-state index contributed by atoms with van der Waals surface area (Å²) >= 11 is 5.91. The van der Waals surface area contributed by atoms with E-state index in [1.54, 1.807) is 18.2 Å². The number of ether oxygens (including phenoxy) is 1. The van der Waals surface area contributed by atoms with E-state index in [1.165, 1.54) is 6.07 Å². The topological polar surface area (TPSA) is 114 Å². The lowest BCUT2D eigenvalue weighted by Crippen LogP contribution is -2.41. The summed E-state index contributed by atoms with van der Waals surface area (Å²) in [5.41, 5.74) is 7.31. The van der Waals surface area contributed by atoms with E-state index in [9.17, 15) is 19.2 Å². The second-order valence-corrected chi connectivity index (χ2v) is 7.27. The zero-order valence-corrected chi connectivity index (χ0v) is 18.0. The number of carbonyl (C=O) groups is 4. The standard InChI is InChI=1S/C22H24ClN3O5/c1-14-10-11-15(2)18(12-14)24-20(28)13-31-21(29)9-5-8-19(27)25-26-22(30)16-6-3-4-7-17(16)23/h3-4,6-7,10-12H,5,8-9,13H2,1-2H3,(H,24,28)(H,25,27)(H,26,30). The molecule has 8 nitrogen and oxygen atoms in total. The Bertz CT molecular complexity index is 977. The lowest BCUT2D eigenvalue weighted by molar-refractivity contribution is -0.147. The molecule has 0 atom stereocenters. The zero-order valence-electron chi connectivity index (χ0n) is 17.3. The smallest absolute Gasteiger partial charge is 0.306 e. The van der Waals surface area contributed by atoms with E-state index in [0.29, 0.717) is 5.69 Å². The summed E-state index contributed by atoms with van der Waals surface area (Å²) < 4.78 is 4.93.